The zero-order valence-corrected chi connectivity index (χ0v) is 23.9. The summed E-state index contributed by atoms with van der Waals surface area (Å²) in [5.74, 6) is -2.33. The number of nitrogens with one attached hydrogen (secondary N) is 3. The molecule has 1 atom stereocenters. The van der Waals surface area contributed by atoms with E-state index < -0.39 is 23.0 Å². The maximum Gasteiger partial charge on any atom is 0.335 e. The Bertz CT molecular complexity index is 1640. The van der Waals surface area contributed by atoms with Gasteiger partial charge < -0.3 is 21.1 Å². The van der Waals surface area contributed by atoms with Crippen LogP contribution in [0, 0.1) is 0 Å². The number of amides is 3. The second-order valence-electron chi connectivity index (χ2n) is 9.05. The molecule has 4 N–H and O–H groups in total. The van der Waals surface area contributed by atoms with Crippen molar-refractivity contribution in [3.8, 4) is 0 Å². The van der Waals surface area contributed by atoms with Gasteiger partial charge in [-0.1, -0.05) is 48.0 Å². The average molecular weight is 600 g/mol. The number of hydrogen-bond donors (Lipinski definition) is 4. The molecule has 8 nitrogen and oxygen atoms in total. The van der Waals surface area contributed by atoms with Crippen LogP contribution < -0.4 is 16.0 Å². The lowest BCUT2D eigenvalue weighted by molar-refractivity contribution is -0.115. The molecule has 0 heterocycles. The van der Waals surface area contributed by atoms with Crippen molar-refractivity contribution in [2.75, 3.05) is 10.6 Å². The highest BCUT2D eigenvalue weighted by molar-refractivity contribution is 8.00. The van der Waals surface area contributed by atoms with E-state index in [0.717, 1.165) is 4.90 Å². The molecule has 4 rings (SSSR count). The van der Waals surface area contributed by atoms with Crippen LogP contribution in [0.3, 0.4) is 0 Å². The van der Waals surface area contributed by atoms with Crippen LogP contribution in [-0.2, 0) is 9.59 Å². The van der Waals surface area contributed by atoms with E-state index in [1.807, 2.05) is 0 Å². The molecule has 0 saturated heterocycles. The maximum absolute atomic E-state index is 13.2. The van der Waals surface area contributed by atoms with E-state index in [2.05, 4.69) is 16.0 Å². The van der Waals surface area contributed by atoms with Gasteiger partial charge in [0, 0.05) is 26.9 Å². The predicted molar refractivity (Wildman–Crippen MR) is 166 cm³/mol. The van der Waals surface area contributed by atoms with Gasteiger partial charge in [0.15, 0.2) is 0 Å². The van der Waals surface area contributed by atoms with Gasteiger partial charge in [-0.3, -0.25) is 14.4 Å². The summed E-state index contributed by atoms with van der Waals surface area (Å²) in [6, 6.07) is 28.4. The van der Waals surface area contributed by atoms with Gasteiger partial charge in [0.1, 0.15) is 5.70 Å². The fourth-order valence-corrected chi connectivity index (χ4v) is 4.82. The average Bonchev–Trinajstić information content (AvgIpc) is 2.98. The van der Waals surface area contributed by atoms with E-state index in [-0.39, 0.29) is 17.2 Å². The Labute approximate surface area is 251 Å². The normalized spacial score (nSPS) is 11.7. The van der Waals surface area contributed by atoms with Crippen LogP contribution in [0.1, 0.15) is 33.2 Å². The fourth-order valence-electron chi connectivity index (χ4n) is 3.75. The van der Waals surface area contributed by atoms with Crippen molar-refractivity contribution in [3.05, 3.63) is 131 Å². The van der Waals surface area contributed by atoms with E-state index in [1.165, 1.54) is 23.9 Å². The molecular weight excluding hydrogens is 574 g/mol. The summed E-state index contributed by atoms with van der Waals surface area (Å²) >= 11 is 7.40. The summed E-state index contributed by atoms with van der Waals surface area (Å²) in [6.45, 7) is 1.74. The van der Waals surface area contributed by atoms with Crippen molar-refractivity contribution in [2.45, 2.75) is 17.1 Å². The van der Waals surface area contributed by atoms with Crippen LogP contribution in [0.5, 0.6) is 0 Å². The SMILES string of the molecule is CC(Sc1ccc(NC(=O)/C(=C/c2cccc(Cl)c2)NC(=O)c2ccccc2)cc1)C(=O)Nc1cccc(C(=O)O)c1. The number of hydrogen-bond acceptors (Lipinski definition) is 5. The predicted octanol–water partition coefficient (Wildman–Crippen LogP) is 6.57. The molecule has 0 spiro atoms. The monoisotopic (exact) mass is 599 g/mol. The first-order valence-corrected chi connectivity index (χ1v) is 14.0. The third-order valence-electron chi connectivity index (χ3n) is 5.86. The van der Waals surface area contributed by atoms with Gasteiger partial charge in [0.05, 0.1) is 10.8 Å². The Morgan fingerprint density at radius 2 is 1.48 bits per heavy atom. The first kappa shape index (κ1) is 30.1. The van der Waals surface area contributed by atoms with Gasteiger partial charge in [-0.25, -0.2) is 4.79 Å². The number of aromatic carboxylic acids is 1. The van der Waals surface area contributed by atoms with Crippen LogP contribution in [0.2, 0.25) is 5.02 Å². The topological polar surface area (TPSA) is 125 Å². The molecule has 0 aliphatic rings. The van der Waals surface area contributed by atoms with Crippen molar-refractivity contribution >= 4 is 64.5 Å². The van der Waals surface area contributed by atoms with Crippen LogP contribution in [0.25, 0.3) is 6.08 Å². The summed E-state index contributed by atoms with van der Waals surface area (Å²) in [7, 11) is 0. The van der Waals surface area contributed by atoms with Crippen molar-refractivity contribution in [2.24, 2.45) is 0 Å². The molecule has 212 valence electrons. The maximum atomic E-state index is 13.2. The zero-order chi connectivity index (χ0) is 30.1. The van der Waals surface area contributed by atoms with E-state index in [4.69, 9.17) is 16.7 Å². The molecule has 1 unspecified atom stereocenters. The molecule has 0 bridgehead atoms. The largest absolute Gasteiger partial charge is 0.478 e. The number of carboxylic acid groups (broad SMARTS) is 1. The van der Waals surface area contributed by atoms with Crippen molar-refractivity contribution in [1.82, 2.24) is 5.32 Å². The summed E-state index contributed by atoms with van der Waals surface area (Å²) in [4.78, 5) is 50.7. The van der Waals surface area contributed by atoms with Crippen LogP contribution in [-0.4, -0.2) is 34.0 Å². The molecule has 0 aliphatic heterocycles. The molecule has 42 heavy (non-hydrogen) atoms. The van der Waals surface area contributed by atoms with E-state index >= 15 is 0 Å². The lowest BCUT2D eigenvalue weighted by Crippen LogP contribution is -2.30. The Morgan fingerprint density at radius 1 is 0.786 bits per heavy atom. The number of rotatable bonds is 10. The fraction of sp³-hybridized carbons (Fsp3) is 0.0625. The van der Waals surface area contributed by atoms with Gasteiger partial charge in [0.25, 0.3) is 11.8 Å². The first-order valence-electron chi connectivity index (χ1n) is 12.7. The van der Waals surface area contributed by atoms with E-state index in [9.17, 15) is 19.2 Å². The Hall–Kier alpha value is -4.86. The molecular formula is C32H26ClN3O5S. The smallest absolute Gasteiger partial charge is 0.335 e. The van der Waals surface area contributed by atoms with Crippen molar-refractivity contribution in [1.29, 1.82) is 0 Å². The second kappa shape index (κ2) is 14.2. The molecule has 0 saturated carbocycles. The Kier molecular flexibility index (Phi) is 10.1. The van der Waals surface area contributed by atoms with Crippen molar-refractivity contribution < 1.29 is 24.3 Å². The first-order chi connectivity index (χ1) is 20.2. The highest BCUT2D eigenvalue weighted by atomic mass is 35.5. The lowest BCUT2D eigenvalue weighted by Gasteiger charge is -2.14. The van der Waals surface area contributed by atoms with Gasteiger partial charge in [-0.2, -0.15) is 0 Å². The minimum absolute atomic E-state index is 0.0295. The second-order valence-corrected chi connectivity index (χ2v) is 10.9. The quantitative estimate of drug-likeness (QED) is 0.121. The number of carbonyl (C=O) groups excluding carboxylic acids is 3. The number of carboxylic acids is 1. The number of carbonyl (C=O) groups is 4. The molecule has 0 aliphatic carbocycles. The number of halogens is 1. The third kappa shape index (κ3) is 8.57. The molecule has 0 fully saturated rings. The van der Waals surface area contributed by atoms with E-state index in [1.54, 1.807) is 104 Å². The molecule has 10 heteroatoms. The standard InChI is InChI=1S/C32H26ClN3O5S/c1-20(29(37)35-26-12-6-10-23(19-26)32(40)41)42-27-15-13-25(14-16-27)34-31(39)28(18-21-7-5-11-24(33)17-21)36-30(38)22-8-3-2-4-9-22/h2-20H,1H3,(H,34,39)(H,35,37)(H,36,38)(H,40,41)/b28-18-. The molecule has 4 aromatic rings. The minimum atomic E-state index is -1.08. The van der Waals surface area contributed by atoms with E-state index in [0.29, 0.717) is 27.5 Å². The van der Waals surface area contributed by atoms with Crippen LogP contribution in [0.4, 0.5) is 11.4 Å². The Morgan fingerprint density at radius 3 is 2.17 bits per heavy atom. The van der Waals surface area contributed by atoms with Gasteiger partial charge in [-0.05, 0) is 85.3 Å². The van der Waals surface area contributed by atoms with Crippen molar-refractivity contribution in [3.63, 3.8) is 0 Å². The highest BCUT2D eigenvalue weighted by Gasteiger charge is 2.17. The minimum Gasteiger partial charge on any atom is -0.478 e. The number of benzene rings is 4. The Balaban J connectivity index is 1.42. The van der Waals surface area contributed by atoms with Gasteiger partial charge in [-0.15, -0.1) is 11.8 Å². The summed E-state index contributed by atoms with van der Waals surface area (Å²) in [5, 5.41) is 17.4. The summed E-state index contributed by atoms with van der Waals surface area (Å²) in [5.41, 5.74) is 2.02. The van der Waals surface area contributed by atoms with Gasteiger partial charge >= 0.3 is 5.97 Å². The third-order valence-corrected chi connectivity index (χ3v) is 7.21. The van der Waals surface area contributed by atoms with Crippen LogP contribution >= 0.6 is 23.4 Å². The lowest BCUT2D eigenvalue weighted by atomic mass is 10.1. The van der Waals surface area contributed by atoms with Gasteiger partial charge in [0.2, 0.25) is 5.91 Å². The zero-order valence-electron chi connectivity index (χ0n) is 22.3. The molecule has 0 radical (unpaired) electrons. The number of anilines is 2. The molecule has 3 amide bonds. The van der Waals surface area contributed by atoms with Crippen LogP contribution in [0.15, 0.2) is 114 Å². The number of thioether (sulfide) groups is 1. The summed E-state index contributed by atoms with van der Waals surface area (Å²) < 4.78 is 0. The summed E-state index contributed by atoms with van der Waals surface area (Å²) in [6.07, 6.45) is 1.54. The molecule has 4 aromatic carbocycles. The highest BCUT2D eigenvalue weighted by Crippen LogP contribution is 2.26. The molecule has 0 aromatic heterocycles.